The summed E-state index contributed by atoms with van der Waals surface area (Å²) in [5, 5.41) is 2.40. The van der Waals surface area contributed by atoms with Crippen LogP contribution in [0.3, 0.4) is 0 Å². The van der Waals surface area contributed by atoms with E-state index in [0.29, 0.717) is 0 Å². The molecule has 11 heteroatoms. The monoisotopic (exact) mass is 415 g/mol. The highest BCUT2D eigenvalue weighted by molar-refractivity contribution is 7.89. The second kappa shape index (κ2) is 7.72. The van der Waals surface area contributed by atoms with Gasteiger partial charge in [-0.3, -0.25) is 4.79 Å². The van der Waals surface area contributed by atoms with E-state index in [4.69, 9.17) is 0 Å². The predicted molar refractivity (Wildman–Crippen MR) is 97.9 cm³/mol. The molecule has 0 radical (unpaired) electrons. The highest BCUT2D eigenvalue weighted by Crippen LogP contribution is 2.20. The van der Waals surface area contributed by atoms with Crippen LogP contribution in [0.25, 0.3) is 0 Å². The van der Waals surface area contributed by atoms with Gasteiger partial charge in [-0.05, 0) is 49.5 Å². The van der Waals surface area contributed by atoms with Crippen LogP contribution in [-0.4, -0.2) is 48.2 Å². The first-order valence-electron chi connectivity index (χ1n) is 7.56. The topological polar surface area (TPSA) is 113 Å². The number of amides is 1. The van der Waals surface area contributed by atoms with Crippen LogP contribution < -0.4 is 10.0 Å². The average molecular weight is 415 g/mol. The summed E-state index contributed by atoms with van der Waals surface area (Å²) in [5.74, 6) is -1.76. The number of carbonyl (C=O) groups excluding carboxylic acids is 1. The van der Waals surface area contributed by atoms with Gasteiger partial charge in [-0.1, -0.05) is 0 Å². The van der Waals surface area contributed by atoms with E-state index in [0.717, 1.165) is 22.5 Å². The van der Waals surface area contributed by atoms with Crippen molar-refractivity contribution in [2.24, 2.45) is 0 Å². The van der Waals surface area contributed by atoms with E-state index in [1.165, 1.54) is 45.4 Å². The van der Waals surface area contributed by atoms with Gasteiger partial charge in [0.1, 0.15) is 5.82 Å². The van der Waals surface area contributed by atoms with Gasteiger partial charge in [0.05, 0.1) is 15.4 Å². The molecular formula is C16H18FN3O5S2. The zero-order chi connectivity index (χ0) is 20.4. The van der Waals surface area contributed by atoms with Crippen molar-refractivity contribution < 1.29 is 26.0 Å². The summed E-state index contributed by atoms with van der Waals surface area (Å²) >= 11 is 0. The smallest absolute Gasteiger partial charge is 0.258 e. The second-order valence-electron chi connectivity index (χ2n) is 5.62. The Morgan fingerprint density at radius 1 is 0.963 bits per heavy atom. The molecular weight excluding hydrogens is 397 g/mol. The maximum absolute atomic E-state index is 14.0. The summed E-state index contributed by atoms with van der Waals surface area (Å²) in [4.78, 5) is 12.1. The number of anilines is 1. The first-order valence-corrected chi connectivity index (χ1v) is 10.5. The van der Waals surface area contributed by atoms with Gasteiger partial charge in [0.15, 0.2) is 0 Å². The Kier molecular flexibility index (Phi) is 6.00. The van der Waals surface area contributed by atoms with Crippen LogP contribution in [0.4, 0.5) is 10.1 Å². The summed E-state index contributed by atoms with van der Waals surface area (Å²) < 4.78 is 64.8. The molecule has 27 heavy (non-hydrogen) atoms. The van der Waals surface area contributed by atoms with Crippen molar-refractivity contribution >= 4 is 31.6 Å². The zero-order valence-corrected chi connectivity index (χ0v) is 16.4. The zero-order valence-electron chi connectivity index (χ0n) is 14.7. The third kappa shape index (κ3) is 4.50. The Labute approximate surface area is 157 Å². The van der Waals surface area contributed by atoms with Crippen LogP contribution in [0.2, 0.25) is 0 Å². The number of nitrogens with one attached hydrogen (secondary N) is 2. The van der Waals surface area contributed by atoms with E-state index in [-0.39, 0.29) is 15.5 Å². The molecule has 0 spiro atoms. The maximum Gasteiger partial charge on any atom is 0.258 e. The van der Waals surface area contributed by atoms with Crippen LogP contribution in [0.1, 0.15) is 10.4 Å². The number of halogens is 1. The SMILES string of the molecule is CNS(=O)(=O)c1ccc(NC(=O)c2cc(S(=O)(=O)N(C)C)ccc2F)cc1. The molecule has 0 fully saturated rings. The molecule has 8 nitrogen and oxygen atoms in total. The molecule has 0 atom stereocenters. The largest absolute Gasteiger partial charge is 0.322 e. The minimum atomic E-state index is -3.83. The van der Waals surface area contributed by atoms with Gasteiger partial charge in [-0.25, -0.2) is 30.3 Å². The van der Waals surface area contributed by atoms with Crippen LogP contribution in [0, 0.1) is 5.82 Å². The van der Waals surface area contributed by atoms with Crippen LogP contribution in [0.15, 0.2) is 52.3 Å². The molecule has 2 rings (SSSR count). The van der Waals surface area contributed by atoms with Gasteiger partial charge >= 0.3 is 0 Å². The van der Waals surface area contributed by atoms with E-state index in [2.05, 4.69) is 10.0 Å². The Morgan fingerprint density at radius 2 is 1.52 bits per heavy atom. The molecule has 2 N–H and O–H groups in total. The standard InChI is InChI=1S/C16H18FN3O5S2/c1-18-26(22,23)12-6-4-11(5-7-12)19-16(21)14-10-13(8-9-15(14)17)27(24,25)20(2)3/h4-10,18H,1-3H3,(H,19,21). The number of hydrogen-bond acceptors (Lipinski definition) is 5. The van der Waals surface area contributed by atoms with Gasteiger partial charge in [0, 0.05) is 19.8 Å². The molecule has 0 unspecified atom stereocenters. The summed E-state index contributed by atoms with van der Waals surface area (Å²) in [6.07, 6.45) is 0. The van der Waals surface area contributed by atoms with E-state index in [1.54, 1.807) is 0 Å². The first-order chi connectivity index (χ1) is 12.5. The lowest BCUT2D eigenvalue weighted by molar-refractivity contribution is 0.102. The van der Waals surface area contributed by atoms with Crippen molar-refractivity contribution in [3.63, 3.8) is 0 Å². The molecule has 2 aromatic carbocycles. The van der Waals surface area contributed by atoms with Crippen molar-refractivity contribution in [1.29, 1.82) is 0 Å². The molecule has 2 aromatic rings. The fraction of sp³-hybridized carbons (Fsp3) is 0.188. The van der Waals surface area contributed by atoms with Crippen LogP contribution in [0.5, 0.6) is 0 Å². The van der Waals surface area contributed by atoms with E-state index in [1.807, 2.05) is 0 Å². The van der Waals surface area contributed by atoms with Crippen molar-refractivity contribution in [2.75, 3.05) is 26.5 Å². The highest BCUT2D eigenvalue weighted by atomic mass is 32.2. The Hall–Kier alpha value is -2.34. The van der Waals surface area contributed by atoms with Gasteiger partial charge in [0.2, 0.25) is 20.0 Å². The Morgan fingerprint density at radius 3 is 2.04 bits per heavy atom. The molecule has 0 bridgehead atoms. The predicted octanol–water partition coefficient (Wildman–Crippen LogP) is 1.24. The number of benzene rings is 2. The average Bonchev–Trinajstić information content (AvgIpc) is 2.62. The molecule has 0 aliphatic carbocycles. The van der Waals surface area contributed by atoms with E-state index in [9.17, 15) is 26.0 Å². The normalized spacial score (nSPS) is 12.2. The molecule has 0 heterocycles. The number of rotatable bonds is 6. The van der Waals surface area contributed by atoms with Crippen molar-refractivity contribution in [3.05, 3.63) is 53.8 Å². The maximum atomic E-state index is 14.0. The Balaban J connectivity index is 2.31. The number of nitrogens with zero attached hydrogens (tertiary/aromatic N) is 1. The van der Waals surface area contributed by atoms with Crippen molar-refractivity contribution in [1.82, 2.24) is 9.03 Å². The van der Waals surface area contributed by atoms with E-state index >= 15 is 0 Å². The lowest BCUT2D eigenvalue weighted by atomic mass is 10.2. The van der Waals surface area contributed by atoms with Gasteiger partial charge < -0.3 is 5.32 Å². The fourth-order valence-electron chi connectivity index (χ4n) is 2.08. The van der Waals surface area contributed by atoms with Crippen LogP contribution in [-0.2, 0) is 20.0 Å². The molecule has 0 saturated heterocycles. The third-order valence-corrected chi connectivity index (χ3v) is 6.89. The second-order valence-corrected chi connectivity index (χ2v) is 9.65. The quantitative estimate of drug-likeness (QED) is 0.737. The molecule has 146 valence electrons. The number of hydrogen-bond donors (Lipinski definition) is 2. The lowest BCUT2D eigenvalue weighted by Crippen LogP contribution is -2.23. The van der Waals surface area contributed by atoms with Gasteiger partial charge in [0.25, 0.3) is 5.91 Å². The van der Waals surface area contributed by atoms with Gasteiger partial charge in [-0.2, -0.15) is 0 Å². The summed E-state index contributed by atoms with van der Waals surface area (Å²) in [5.41, 5.74) is -0.236. The van der Waals surface area contributed by atoms with E-state index < -0.39 is 37.3 Å². The minimum absolute atomic E-state index is 0.00625. The highest BCUT2D eigenvalue weighted by Gasteiger charge is 2.21. The molecule has 0 saturated carbocycles. The fourth-order valence-corrected chi connectivity index (χ4v) is 3.74. The number of sulfonamides is 2. The molecule has 0 aliphatic heterocycles. The Bertz CT molecular complexity index is 1070. The van der Waals surface area contributed by atoms with Crippen molar-refractivity contribution in [3.8, 4) is 0 Å². The minimum Gasteiger partial charge on any atom is -0.322 e. The molecule has 1 amide bonds. The lowest BCUT2D eigenvalue weighted by Gasteiger charge is -2.13. The summed E-state index contributed by atoms with van der Waals surface area (Å²) in [6.45, 7) is 0. The number of carbonyl (C=O) groups is 1. The molecule has 0 aromatic heterocycles. The molecule has 0 aliphatic rings. The summed E-state index contributed by atoms with van der Waals surface area (Å²) in [6, 6.07) is 8.11. The van der Waals surface area contributed by atoms with Gasteiger partial charge in [-0.15, -0.1) is 0 Å². The van der Waals surface area contributed by atoms with Crippen molar-refractivity contribution in [2.45, 2.75) is 9.79 Å². The summed E-state index contributed by atoms with van der Waals surface area (Å²) in [7, 11) is -3.56. The third-order valence-electron chi connectivity index (χ3n) is 3.65. The first kappa shape index (κ1) is 21.0. The van der Waals surface area contributed by atoms with Crippen LogP contribution >= 0.6 is 0 Å².